The van der Waals surface area contributed by atoms with Crippen LogP contribution in [-0.2, 0) is 12.8 Å². The highest BCUT2D eigenvalue weighted by Gasteiger charge is 2.20. The van der Waals surface area contributed by atoms with Crippen LogP contribution in [0.2, 0.25) is 5.02 Å². The smallest absolute Gasteiger partial charge is 0.137 e. The van der Waals surface area contributed by atoms with Gasteiger partial charge in [-0.3, -0.25) is 0 Å². The fraction of sp³-hybridized carbons (Fsp3) is 0.455. The quantitative estimate of drug-likeness (QED) is 0.544. The Morgan fingerprint density at radius 3 is 2.56 bits per heavy atom. The lowest BCUT2D eigenvalue weighted by Crippen LogP contribution is -2.35. The van der Waals surface area contributed by atoms with Gasteiger partial charge < -0.3 is 14.4 Å². The molecular weight excluding hydrogens is 426 g/mol. The van der Waals surface area contributed by atoms with E-state index in [2.05, 4.69) is 39.0 Å². The molecule has 2 aromatic carbocycles. The van der Waals surface area contributed by atoms with Crippen LogP contribution < -0.4 is 9.47 Å². The van der Waals surface area contributed by atoms with E-state index in [-0.39, 0.29) is 0 Å². The predicted octanol–water partition coefficient (Wildman–Crippen LogP) is 5.62. The van der Waals surface area contributed by atoms with Crippen molar-refractivity contribution in [3.05, 3.63) is 57.0 Å². The summed E-state index contributed by atoms with van der Waals surface area (Å²) < 4.78 is 11.9. The third-order valence-corrected chi connectivity index (χ3v) is 6.63. The van der Waals surface area contributed by atoms with Gasteiger partial charge in [0.25, 0.3) is 0 Å². The lowest BCUT2D eigenvalue weighted by Gasteiger charge is -2.32. The number of benzene rings is 2. The van der Waals surface area contributed by atoms with Crippen molar-refractivity contribution in [2.75, 3.05) is 33.9 Å². The summed E-state index contributed by atoms with van der Waals surface area (Å²) in [5.41, 5.74) is 2.51. The van der Waals surface area contributed by atoms with Gasteiger partial charge in [0.2, 0.25) is 0 Å². The molecule has 0 bridgehead atoms. The zero-order valence-electron chi connectivity index (χ0n) is 16.0. The summed E-state index contributed by atoms with van der Waals surface area (Å²) in [6.07, 6.45) is 4.53. The van der Waals surface area contributed by atoms with Crippen LogP contribution in [0.5, 0.6) is 11.5 Å². The third kappa shape index (κ3) is 5.40. The lowest BCUT2D eigenvalue weighted by atomic mass is 9.90. The highest BCUT2D eigenvalue weighted by molar-refractivity contribution is 9.10. The number of piperidine rings is 1. The second-order valence-corrected chi connectivity index (χ2v) is 8.36. The summed E-state index contributed by atoms with van der Waals surface area (Å²) in [6.45, 7) is 3.34. The van der Waals surface area contributed by atoms with Gasteiger partial charge in [-0.2, -0.15) is 0 Å². The SMILES string of the molecule is COc1ccc(Br)c(CC2CCN(CCc3cccc(OC)c3Cl)CC2)c1. The van der Waals surface area contributed by atoms with Gasteiger partial charge in [0, 0.05) is 11.0 Å². The maximum Gasteiger partial charge on any atom is 0.137 e. The van der Waals surface area contributed by atoms with Crippen molar-refractivity contribution in [1.82, 2.24) is 4.90 Å². The van der Waals surface area contributed by atoms with Crippen molar-refractivity contribution in [3.8, 4) is 11.5 Å². The van der Waals surface area contributed by atoms with Crippen molar-refractivity contribution in [1.29, 1.82) is 0 Å². The van der Waals surface area contributed by atoms with Gasteiger partial charge in [-0.1, -0.05) is 39.7 Å². The molecule has 1 saturated heterocycles. The monoisotopic (exact) mass is 451 g/mol. The Balaban J connectivity index is 1.49. The molecule has 1 aliphatic heterocycles. The summed E-state index contributed by atoms with van der Waals surface area (Å²) in [7, 11) is 3.39. The number of methoxy groups -OCH3 is 2. The fourth-order valence-corrected chi connectivity index (χ4v) is 4.45. The summed E-state index contributed by atoms with van der Waals surface area (Å²) in [4.78, 5) is 2.55. The highest BCUT2D eigenvalue weighted by atomic mass is 79.9. The molecule has 0 atom stereocenters. The number of hydrogen-bond acceptors (Lipinski definition) is 3. The number of hydrogen-bond donors (Lipinski definition) is 0. The van der Waals surface area contributed by atoms with Gasteiger partial charge in [0.05, 0.1) is 19.2 Å². The standard InChI is InChI=1S/C22H27BrClNO2/c1-26-19-6-7-20(23)18(15-19)14-16-8-11-25(12-9-16)13-10-17-4-3-5-21(27-2)22(17)24/h3-7,15-16H,8-14H2,1-2H3. The van der Waals surface area contributed by atoms with Gasteiger partial charge in [-0.25, -0.2) is 0 Å². The first-order valence-corrected chi connectivity index (χ1v) is 10.6. The Labute approximate surface area is 175 Å². The van der Waals surface area contributed by atoms with E-state index in [0.717, 1.165) is 54.9 Å². The maximum atomic E-state index is 6.42. The van der Waals surface area contributed by atoms with E-state index in [1.807, 2.05) is 18.2 Å². The van der Waals surface area contributed by atoms with Crippen LogP contribution in [0.15, 0.2) is 40.9 Å². The minimum absolute atomic E-state index is 0.727. The normalized spacial score (nSPS) is 15.7. The van der Waals surface area contributed by atoms with E-state index in [9.17, 15) is 0 Å². The molecule has 3 rings (SSSR count). The molecule has 2 aromatic rings. The summed E-state index contributed by atoms with van der Waals surface area (Å²) in [5, 5.41) is 0.748. The zero-order chi connectivity index (χ0) is 19.2. The van der Waals surface area contributed by atoms with E-state index in [1.165, 1.54) is 28.4 Å². The van der Waals surface area contributed by atoms with Gasteiger partial charge >= 0.3 is 0 Å². The Kier molecular flexibility index (Phi) is 7.45. The van der Waals surface area contributed by atoms with Crippen molar-refractivity contribution in [2.45, 2.75) is 25.7 Å². The van der Waals surface area contributed by atoms with E-state index in [1.54, 1.807) is 14.2 Å². The maximum absolute atomic E-state index is 6.42. The molecule has 1 aliphatic rings. The lowest BCUT2D eigenvalue weighted by molar-refractivity contribution is 0.185. The van der Waals surface area contributed by atoms with Crippen LogP contribution in [0.4, 0.5) is 0 Å². The van der Waals surface area contributed by atoms with Crippen molar-refractivity contribution in [2.24, 2.45) is 5.92 Å². The topological polar surface area (TPSA) is 21.7 Å². The molecule has 0 amide bonds. The first-order chi connectivity index (χ1) is 13.1. The molecule has 5 heteroatoms. The average Bonchev–Trinajstić information content (AvgIpc) is 2.70. The molecule has 1 heterocycles. The van der Waals surface area contributed by atoms with Crippen LogP contribution in [0, 0.1) is 5.92 Å². The molecule has 0 radical (unpaired) electrons. The number of rotatable bonds is 7. The molecule has 0 saturated carbocycles. The number of nitrogens with zero attached hydrogens (tertiary/aromatic N) is 1. The van der Waals surface area contributed by atoms with Crippen molar-refractivity contribution in [3.63, 3.8) is 0 Å². The van der Waals surface area contributed by atoms with Crippen molar-refractivity contribution >= 4 is 27.5 Å². The Morgan fingerprint density at radius 2 is 1.85 bits per heavy atom. The first-order valence-electron chi connectivity index (χ1n) is 9.47. The fourth-order valence-electron chi connectivity index (χ4n) is 3.75. The molecule has 0 unspecified atom stereocenters. The second kappa shape index (κ2) is 9.81. The molecule has 0 spiro atoms. The number of halogens is 2. The molecule has 0 aromatic heterocycles. The van der Waals surface area contributed by atoms with E-state index >= 15 is 0 Å². The molecule has 1 fully saturated rings. The minimum Gasteiger partial charge on any atom is -0.497 e. The molecule has 27 heavy (non-hydrogen) atoms. The minimum atomic E-state index is 0.727. The first kappa shape index (κ1) is 20.5. The molecular formula is C22H27BrClNO2. The molecule has 0 aliphatic carbocycles. The van der Waals surface area contributed by atoms with E-state index < -0.39 is 0 Å². The van der Waals surface area contributed by atoms with Crippen LogP contribution >= 0.6 is 27.5 Å². The largest absolute Gasteiger partial charge is 0.497 e. The predicted molar refractivity (Wildman–Crippen MR) is 115 cm³/mol. The molecule has 146 valence electrons. The van der Waals surface area contributed by atoms with E-state index in [4.69, 9.17) is 21.1 Å². The highest BCUT2D eigenvalue weighted by Crippen LogP contribution is 2.30. The van der Waals surface area contributed by atoms with Crippen LogP contribution in [-0.4, -0.2) is 38.8 Å². The molecule has 0 N–H and O–H groups in total. The summed E-state index contributed by atoms with van der Waals surface area (Å²) in [6, 6.07) is 12.3. The van der Waals surface area contributed by atoms with Gasteiger partial charge in [-0.05, 0) is 80.1 Å². The average molecular weight is 453 g/mol. The Morgan fingerprint density at radius 1 is 1.07 bits per heavy atom. The summed E-state index contributed by atoms with van der Waals surface area (Å²) in [5.74, 6) is 2.42. The Bertz CT molecular complexity index is 760. The van der Waals surface area contributed by atoms with Gasteiger partial charge in [0.1, 0.15) is 11.5 Å². The number of ether oxygens (including phenoxy) is 2. The van der Waals surface area contributed by atoms with Crippen LogP contribution in [0.1, 0.15) is 24.0 Å². The van der Waals surface area contributed by atoms with E-state index in [0.29, 0.717) is 0 Å². The molecule has 3 nitrogen and oxygen atoms in total. The van der Waals surface area contributed by atoms with Crippen LogP contribution in [0.3, 0.4) is 0 Å². The summed E-state index contributed by atoms with van der Waals surface area (Å²) >= 11 is 10.1. The van der Waals surface area contributed by atoms with Crippen molar-refractivity contribution < 1.29 is 9.47 Å². The zero-order valence-corrected chi connectivity index (χ0v) is 18.4. The Hall–Kier alpha value is -1.23. The van der Waals surface area contributed by atoms with Gasteiger partial charge in [-0.15, -0.1) is 0 Å². The number of likely N-dealkylation sites (tertiary alicyclic amines) is 1. The van der Waals surface area contributed by atoms with Crippen LogP contribution in [0.25, 0.3) is 0 Å². The second-order valence-electron chi connectivity index (χ2n) is 7.13. The van der Waals surface area contributed by atoms with Gasteiger partial charge in [0.15, 0.2) is 0 Å². The third-order valence-electron chi connectivity index (χ3n) is 5.43.